The first-order valence-corrected chi connectivity index (χ1v) is 5.79. The zero-order chi connectivity index (χ0) is 11.4. The van der Waals surface area contributed by atoms with Crippen molar-refractivity contribution in [1.82, 2.24) is 14.4 Å². The minimum absolute atomic E-state index is 0.220. The first kappa shape index (κ1) is 11.4. The quantitative estimate of drug-likeness (QED) is 0.583. The van der Waals surface area contributed by atoms with Crippen LogP contribution in [0.1, 0.15) is 0 Å². The molecule has 0 spiro atoms. The first-order valence-electron chi connectivity index (χ1n) is 4.81. The Balaban J connectivity index is 2.11. The van der Waals surface area contributed by atoms with Gasteiger partial charge in [0.15, 0.2) is 11.9 Å². The Kier molecular flexibility index (Phi) is 3.76. The third-order valence-electron chi connectivity index (χ3n) is 2.16. The fourth-order valence-corrected chi connectivity index (χ4v) is 2.30. The van der Waals surface area contributed by atoms with Gasteiger partial charge in [-0.2, -0.15) is 0 Å². The summed E-state index contributed by atoms with van der Waals surface area (Å²) in [6.45, 7) is 0. The predicted octanol–water partition coefficient (Wildman–Crippen LogP) is 1.44. The molecule has 2 aromatic rings. The van der Waals surface area contributed by atoms with Crippen LogP contribution in [0.25, 0.3) is 5.65 Å². The molecule has 86 valence electrons. The third kappa shape index (κ3) is 2.34. The van der Waals surface area contributed by atoms with Crippen molar-refractivity contribution in [1.29, 1.82) is 0 Å². The van der Waals surface area contributed by atoms with Gasteiger partial charge in [0.05, 0.1) is 5.75 Å². The van der Waals surface area contributed by atoms with Crippen LogP contribution in [-0.4, -0.2) is 40.6 Å². The van der Waals surface area contributed by atoms with E-state index in [1.54, 1.807) is 38.4 Å². The van der Waals surface area contributed by atoms with E-state index >= 15 is 0 Å². The fourth-order valence-electron chi connectivity index (χ4n) is 1.31. The zero-order valence-electron chi connectivity index (χ0n) is 9.16. The molecule has 0 aliphatic carbocycles. The monoisotopic (exact) mass is 239 g/mol. The van der Waals surface area contributed by atoms with Gasteiger partial charge in [0.25, 0.3) is 0 Å². The van der Waals surface area contributed by atoms with Crippen LogP contribution in [0.3, 0.4) is 0 Å². The Morgan fingerprint density at radius 3 is 2.62 bits per heavy atom. The van der Waals surface area contributed by atoms with Crippen molar-refractivity contribution < 1.29 is 9.47 Å². The van der Waals surface area contributed by atoms with E-state index in [4.69, 9.17) is 9.47 Å². The SMILES string of the molecule is COC(CSc1nccn2ccnc12)OC. The summed E-state index contributed by atoms with van der Waals surface area (Å²) in [4.78, 5) is 8.53. The summed E-state index contributed by atoms with van der Waals surface area (Å²) in [6.07, 6.45) is 7.06. The molecule has 2 rings (SSSR count). The zero-order valence-corrected chi connectivity index (χ0v) is 9.98. The van der Waals surface area contributed by atoms with Gasteiger partial charge < -0.3 is 13.9 Å². The highest BCUT2D eigenvalue weighted by molar-refractivity contribution is 7.99. The molecule has 0 amide bonds. The largest absolute Gasteiger partial charge is 0.355 e. The van der Waals surface area contributed by atoms with Gasteiger partial charge >= 0.3 is 0 Å². The molecule has 16 heavy (non-hydrogen) atoms. The Labute approximate surface area is 97.8 Å². The Hall–Kier alpha value is -1.11. The van der Waals surface area contributed by atoms with Crippen LogP contribution in [0.15, 0.2) is 29.8 Å². The molecular weight excluding hydrogens is 226 g/mol. The van der Waals surface area contributed by atoms with Gasteiger partial charge in [0, 0.05) is 39.0 Å². The molecule has 0 saturated heterocycles. The van der Waals surface area contributed by atoms with Crippen LogP contribution in [0.4, 0.5) is 0 Å². The van der Waals surface area contributed by atoms with Gasteiger partial charge in [0.1, 0.15) is 5.03 Å². The Morgan fingerprint density at radius 1 is 1.25 bits per heavy atom. The summed E-state index contributed by atoms with van der Waals surface area (Å²) in [5, 5.41) is 0.881. The van der Waals surface area contributed by atoms with Crippen LogP contribution >= 0.6 is 11.8 Å². The highest BCUT2D eigenvalue weighted by Crippen LogP contribution is 2.20. The van der Waals surface area contributed by atoms with Crippen molar-refractivity contribution in [3.63, 3.8) is 0 Å². The number of thioether (sulfide) groups is 1. The second kappa shape index (κ2) is 5.29. The molecule has 2 heterocycles. The van der Waals surface area contributed by atoms with Gasteiger partial charge in [-0.05, 0) is 0 Å². The number of nitrogens with zero attached hydrogens (tertiary/aromatic N) is 3. The maximum atomic E-state index is 5.12. The number of rotatable bonds is 5. The molecule has 0 aromatic carbocycles. The molecule has 0 unspecified atom stereocenters. The highest BCUT2D eigenvalue weighted by atomic mass is 32.2. The molecule has 0 fully saturated rings. The fraction of sp³-hybridized carbons (Fsp3) is 0.400. The van der Waals surface area contributed by atoms with E-state index in [9.17, 15) is 0 Å². The predicted molar refractivity (Wildman–Crippen MR) is 61.5 cm³/mol. The summed E-state index contributed by atoms with van der Waals surface area (Å²) >= 11 is 1.57. The van der Waals surface area contributed by atoms with Gasteiger partial charge in [-0.15, -0.1) is 0 Å². The van der Waals surface area contributed by atoms with E-state index in [0.717, 1.165) is 10.7 Å². The minimum Gasteiger partial charge on any atom is -0.355 e. The lowest BCUT2D eigenvalue weighted by atomic mass is 10.7. The number of ether oxygens (including phenoxy) is 2. The summed E-state index contributed by atoms with van der Waals surface area (Å²) in [6, 6.07) is 0. The number of imidazole rings is 1. The van der Waals surface area contributed by atoms with Crippen LogP contribution < -0.4 is 0 Å². The molecular formula is C10H13N3O2S. The lowest BCUT2D eigenvalue weighted by molar-refractivity contribution is -0.0842. The maximum Gasteiger partial charge on any atom is 0.169 e. The van der Waals surface area contributed by atoms with Crippen molar-refractivity contribution in [2.45, 2.75) is 11.3 Å². The average Bonchev–Trinajstić information content (AvgIpc) is 2.79. The van der Waals surface area contributed by atoms with E-state index in [2.05, 4.69) is 9.97 Å². The van der Waals surface area contributed by atoms with Crippen molar-refractivity contribution >= 4 is 17.4 Å². The maximum absolute atomic E-state index is 5.12. The second-order valence-electron chi connectivity index (χ2n) is 3.10. The first-order chi connectivity index (χ1) is 7.85. The number of hydrogen-bond donors (Lipinski definition) is 0. The second-order valence-corrected chi connectivity index (χ2v) is 4.11. The molecule has 0 bridgehead atoms. The summed E-state index contributed by atoms with van der Waals surface area (Å²) < 4.78 is 12.2. The molecule has 2 aromatic heterocycles. The molecule has 6 heteroatoms. The smallest absolute Gasteiger partial charge is 0.169 e. The molecule has 0 atom stereocenters. The van der Waals surface area contributed by atoms with E-state index in [-0.39, 0.29) is 6.29 Å². The lowest BCUT2D eigenvalue weighted by Crippen LogP contribution is -2.15. The van der Waals surface area contributed by atoms with E-state index in [1.165, 1.54) is 0 Å². The molecule has 0 radical (unpaired) electrons. The van der Waals surface area contributed by atoms with Gasteiger partial charge in [-0.1, -0.05) is 11.8 Å². The molecule has 0 aliphatic rings. The van der Waals surface area contributed by atoms with E-state index in [1.807, 2.05) is 16.8 Å². The molecule has 0 N–H and O–H groups in total. The third-order valence-corrected chi connectivity index (χ3v) is 3.16. The number of fused-ring (bicyclic) bond motifs is 1. The minimum atomic E-state index is -0.220. The number of hydrogen-bond acceptors (Lipinski definition) is 5. The lowest BCUT2D eigenvalue weighted by Gasteiger charge is -2.12. The van der Waals surface area contributed by atoms with Crippen LogP contribution in [0.5, 0.6) is 0 Å². The highest BCUT2D eigenvalue weighted by Gasteiger charge is 2.09. The summed E-state index contributed by atoms with van der Waals surface area (Å²) in [5.74, 6) is 0.687. The van der Waals surface area contributed by atoms with Crippen molar-refractivity contribution in [3.05, 3.63) is 24.8 Å². The van der Waals surface area contributed by atoms with Crippen LogP contribution in [0.2, 0.25) is 0 Å². The average molecular weight is 239 g/mol. The van der Waals surface area contributed by atoms with E-state index in [0.29, 0.717) is 5.75 Å². The van der Waals surface area contributed by atoms with Crippen molar-refractivity contribution in [2.24, 2.45) is 0 Å². The standard InChI is InChI=1S/C10H13N3O2S/c1-14-8(15-2)7-16-10-9-11-3-5-13(9)6-4-12-10/h3-6,8H,7H2,1-2H3. The normalized spacial score (nSPS) is 11.4. The number of methoxy groups -OCH3 is 2. The molecule has 5 nitrogen and oxygen atoms in total. The van der Waals surface area contributed by atoms with Crippen LogP contribution in [-0.2, 0) is 9.47 Å². The van der Waals surface area contributed by atoms with Gasteiger partial charge in [-0.25, -0.2) is 9.97 Å². The van der Waals surface area contributed by atoms with Crippen LogP contribution in [0, 0.1) is 0 Å². The summed E-state index contributed by atoms with van der Waals surface area (Å²) in [5.41, 5.74) is 0.860. The van der Waals surface area contributed by atoms with Crippen molar-refractivity contribution in [3.8, 4) is 0 Å². The van der Waals surface area contributed by atoms with Crippen molar-refractivity contribution in [2.75, 3.05) is 20.0 Å². The molecule has 0 aliphatic heterocycles. The van der Waals surface area contributed by atoms with Gasteiger partial charge in [0.2, 0.25) is 0 Å². The Bertz CT molecular complexity index is 456. The molecule has 0 saturated carbocycles. The topological polar surface area (TPSA) is 48.7 Å². The van der Waals surface area contributed by atoms with E-state index < -0.39 is 0 Å². The summed E-state index contributed by atoms with van der Waals surface area (Å²) in [7, 11) is 3.25. The Morgan fingerprint density at radius 2 is 1.94 bits per heavy atom. The van der Waals surface area contributed by atoms with Gasteiger partial charge in [-0.3, -0.25) is 0 Å². The number of aromatic nitrogens is 3.